The first-order valence-electron chi connectivity index (χ1n) is 6.79. The van der Waals surface area contributed by atoms with Crippen LogP contribution in [0.3, 0.4) is 0 Å². The molecule has 1 heterocycles. The Hall–Kier alpha value is -1.06. The van der Waals surface area contributed by atoms with E-state index in [1.54, 1.807) is 0 Å². The quantitative estimate of drug-likeness (QED) is 0.922. The van der Waals surface area contributed by atoms with Gasteiger partial charge < -0.3 is 10.6 Å². The molecule has 2 N–H and O–H groups in total. The highest BCUT2D eigenvalue weighted by molar-refractivity contribution is 5.85. The van der Waals surface area contributed by atoms with Gasteiger partial charge in [0.15, 0.2) is 0 Å². The number of hydrogen-bond acceptors (Lipinski definition) is 2. The molecule has 0 spiro atoms. The van der Waals surface area contributed by atoms with Gasteiger partial charge in [-0.25, -0.2) is 0 Å². The monoisotopic (exact) mass is 282 g/mol. The van der Waals surface area contributed by atoms with Crippen molar-refractivity contribution in [3.05, 3.63) is 35.9 Å². The Labute approximate surface area is 121 Å². The number of benzene rings is 1. The number of carbonyl (C=O) groups is 1. The lowest BCUT2D eigenvalue weighted by molar-refractivity contribution is -0.130. The van der Waals surface area contributed by atoms with Gasteiger partial charge in [0.25, 0.3) is 0 Å². The Balaban J connectivity index is 0.00000180. The van der Waals surface area contributed by atoms with Gasteiger partial charge in [-0.05, 0) is 24.3 Å². The molecule has 1 aliphatic rings. The number of hydrogen-bond donors (Lipinski definition) is 1. The second-order valence-corrected chi connectivity index (χ2v) is 5.11. The first-order chi connectivity index (χ1) is 8.70. The molecule has 106 valence electrons. The van der Waals surface area contributed by atoms with Gasteiger partial charge in [0.2, 0.25) is 5.91 Å². The summed E-state index contributed by atoms with van der Waals surface area (Å²) in [5.41, 5.74) is 7.10. The zero-order valence-electron chi connectivity index (χ0n) is 11.4. The van der Waals surface area contributed by atoms with Gasteiger partial charge in [0.05, 0.1) is 0 Å². The molecule has 1 aliphatic heterocycles. The summed E-state index contributed by atoms with van der Waals surface area (Å²) in [7, 11) is 0. The number of likely N-dealkylation sites (tertiary alicyclic amines) is 1. The molecule has 1 unspecified atom stereocenters. The standard InChI is InChI=1S/C15H22N2O.ClH/c1-2-12(13-6-4-3-5-7-13)10-15(18)17-9-8-14(16)11-17;/h3-7,12,14H,2,8-11,16H2,1H3;1H/t12?,14-;/m1./s1. The van der Waals surface area contributed by atoms with Gasteiger partial charge in [-0.2, -0.15) is 0 Å². The van der Waals surface area contributed by atoms with E-state index in [2.05, 4.69) is 19.1 Å². The lowest BCUT2D eigenvalue weighted by Gasteiger charge is -2.20. The molecule has 0 saturated carbocycles. The van der Waals surface area contributed by atoms with Crippen LogP contribution in [0.2, 0.25) is 0 Å². The van der Waals surface area contributed by atoms with Crippen molar-refractivity contribution < 1.29 is 4.79 Å². The fourth-order valence-electron chi connectivity index (χ4n) is 2.58. The van der Waals surface area contributed by atoms with E-state index < -0.39 is 0 Å². The van der Waals surface area contributed by atoms with E-state index in [0.29, 0.717) is 12.3 Å². The van der Waals surface area contributed by atoms with E-state index in [4.69, 9.17) is 5.73 Å². The number of rotatable bonds is 4. The molecule has 1 aromatic rings. The van der Waals surface area contributed by atoms with Crippen molar-refractivity contribution in [2.75, 3.05) is 13.1 Å². The average molecular weight is 283 g/mol. The second-order valence-electron chi connectivity index (χ2n) is 5.11. The fraction of sp³-hybridized carbons (Fsp3) is 0.533. The van der Waals surface area contributed by atoms with E-state index >= 15 is 0 Å². The molecule has 0 aromatic heterocycles. The Morgan fingerprint density at radius 1 is 1.42 bits per heavy atom. The van der Waals surface area contributed by atoms with Gasteiger partial charge in [0, 0.05) is 25.6 Å². The van der Waals surface area contributed by atoms with Crippen LogP contribution in [0, 0.1) is 0 Å². The lowest BCUT2D eigenvalue weighted by atomic mass is 9.93. The highest BCUT2D eigenvalue weighted by atomic mass is 35.5. The Kier molecular flexibility index (Phi) is 6.32. The third kappa shape index (κ3) is 4.22. The highest BCUT2D eigenvalue weighted by Crippen LogP contribution is 2.24. The number of halogens is 1. The van der Waals surface area contributed by atoms with E-state index in [9.17, 15) is 4.79 Å². The molecule has 2 atom stereocenters. The van der Waals surface area contributed by atoms with Crippen LogP contribution in [0.15, 0.2) is 30.3 Å². The van der Waals surface area contributed by atoms with Crippen LogP contribution < -0.4 is 5.73 Å². The van der Waals surface area contributed by atoms with Crippen LogP contribution in [0.25, 0.3) is 0 Å². The topological polar surface area (TPSA) is 46.3 Å². The maximum atomic E-state index is 12.2. The molecule has 4 heteroatoms. The SMILES string of the molecule is CCC(CC(=O)N1CC[C@@H](N)C1)c1ccccc1.Cl. The van der Waals surface area contributed by atoms with E-state index in [1.807, 2.05) is 23.1 Å². The predicted molar refractivity (Wildman–Crippen MR) is 80.5 cm³/mol. The van der Waals surface area contributed by atoms with Crippen molar-refractivity contribution in [3.8, 4) is 0 Å². The minimum Gasteiger partial charge on any atom is -0.341 e. The molecule has 19 heavy (non-hydrogen) atoms. The number of nitrogens with zero attached hydrogens (tertiary/aromatic N) is 1. The number of nitrogens with two attached hydrogens (primary N) is 1. The van der Waals surface area contributed by atoms with E-state index in [1.165, 1.54) is 5.56 Å². The first-order valence-corrected chi connectivity index (χ1v) is 6.79. The Morgan fingerprint density at radius 2 is 2.11 bits per heavy atom. The largest absolute Gasteiger partial charge is 0.341 e. The minimum absolute atomic E-state index is 0. The third-order valence-electron chi connectivity index (χ3n) is 3.76. The zero-order valence-corrected chi connectivity index (χ0v) is 12.2. The molecular weight excluding hydrogens is 260 g/mol. The van der Waals surface area contributed by atoms with E-state index in [0.717, 1.165) is 25.9 Å². The molecule has 1 saturated heterocycles. The van der Waals surface area contributed by atoms with Crippen molar-refractivity contribution in [2.45, 2.75) is 38.1 Å². The molecule has 3 nitrogen and oxygen atoms in total. The Bertz CT molecular complexity index is 396. The summed E-state index contributed by atoms with van der Waals surface area (Å²) >= 11 is 0. The van der Waals surface area contributed by atoms with Crippen LogP contribution in [0.4, 0.5) is 0 Å². The highest BCUT2D eigenvalue weighted by Gasteiger charge is 2.25. The van der Waals surface area contributed by atoms with Crippen LogP contribution in [0.1, 0.15) is 37.7 Å². The summed E-state index contributed by atoms with van der Waals surface area (Å²) in [4.78, 5) is 14.1. The smallest absolute Gasteiger partial charge is 0.223 e. The van der Waals surface area contributed by atoms with Gasteiger partial charge in [-0.3, -0.25) is 4.79 Å². The predicted octanol–water partition coefficient (Wildman–Crippen LogP) is 2.55. The molecule has 0 radical (unpaired) electrons. The van der Waals surface area contributed by atoms with Gasteiger partial charge in [0.1, 0.15) is 0 Å². The minimum atomic E-state index is 0. The maximum absolute atomic E-state index is 12.2. The van der Waals surface area contributed by atoms with Crippen LogP contribution >= 0.6 is 12.4 Å². The average Bonchev–Trinajstić information content (AvgIpc) is 2.83. The second kappa shape index (κ2) is 7.51. The molecule has 1 aromatic carbocycles. The summed E-state index contributed by atoms with van der Waals surface area (Å²) in [6.07, 6.45) is 2.54. The summed E-state index contributed by atoms with van der Waals surface area (Å²) < 4.78 is 0. The van der Waals surface area contributed by atoms with Crippen LogP contribution in [-0.2, 0) is 4.79 Å². The van der Waals surface area contributed by atoms with Crippen molar-refractivity contribution in [1.29, 1.82) is 0 Å². The maximum Gasteiger partial charge on any atom is 0.223 e. The van der Waals surface area contributed by atoms with Gasteiger partial charge >= 0.3 is 0 Å². The summed E-state index contributed by atoms with van der Waals surface area (Å²) in [5.74, 6) is 0.578. The summed E-state index contributed by atoms with van der Waals surface area (Å²) in [6.45, 7) is 3.69. The van der Waals surface area contributed by atoms with Crippen LogP contribution in [0.5, 0.6) is 0 Å². The molecule has 2 rings (SSSR count). The van der Waals surface area contributed by atoms with Crippen molar-refractivity contribution in [1.82, 2.24) is 4.90 Å². The fourth-order valence-corrected chi connectivity index (χ4v) is 2.58. The normalized spacial score (nSPS) is 19.9. The lowest BCUT2D eigenvalue weighted by Crippen LogP contribution is -2.32. The first kappa shape index (κ1) is 16.0. The summed E-state index contributed by atoms with van der Waals surface area (Å²) in [6, 6.07) is 10.5. The van der Waals surface area contributed by atoms with E-state index in [-0.39, 0.29) is 24.4 Å². The molecule has 0 bridgehead atoms. The molecular formula is C15H23ClN2O. The van der Waals surface area contributed by atoms with Crippen molar-refractivity contribution in [3.63, 3.8) is 0 Å². The molecule has 1 fully saturated rings. The van der Waals surface area contributed by atoms with Crippen molar-refractivity contribution >= 4 is 18.3 Å². The van der Waals surface area contributed by atoms with Gasteiger partial charge in [-0.1, -0.05) is 37.3 Å². The zero-order chi connectivity index (χ0) is 13.0. The number of amides is 1. The Morgan fingerprint density at radius 3 is 2.63 bits per heavy atom. The number of carbonyl (C=O) groups excluding carboxylic acids is 1. The molecule has 1 amide bonds. The molecule has 0 aliphatic carbocycles. The van der Waals surface area contributed by atoms with Gasteiger partial charge in [-0.15, -0.1) is 12.4 Å². The summed E-state index contributed by atoms with van der Waals surface area (Å²) in [5, 5.41) is 0. The van der Waals surface area contributed by atoms with Crippen molar-refractivity contribution in [2.24, 2.45) is 5.73 Å². The third-order valence-corrected chi connectivity index (χ3v) is 3.76. The van der Waals surface area contributed by atoms with Crippen LogP contribution in [-0.4, -0.2) is 29.9 Å².